The number of rotatable bonds is 3. The largest absolute Gasteiger partial charge is 0.366 e. The Morgan fingerprint density at radius 3 is 2.78 bits per heavy atom. The summed E-state index contributed by atoms with van der Waals surface area (Å²) < 4.78 is 29.9. The van der Waals surface area contributed by atoms with Crippen molar-refractivity contribution >= 4 is 24.7 Å². The van der Waals surface area contributed by atoms with Gasteiger partial charge in [0.15, 0.2) is 0 Å². The lowest BCUT2D eigenvalue weighted by Gasteiger charge is -2.35. The summed E-state index contributed by atoms with van der Waals surface area (Å²) in [4.78, 5) is 11.6. The van der Waals surface area contributed by atoms with Crippen LogP contribution in [0.1, 0.15) is 28.8 Å². The lowest BCUT2D eigenvalue weighted by atomic mass is 9.60. The Balaban J connectivity index is 1.78. The number of amides is 1. The summed E-state index contributed by atoms with van der Waals surface area (Å²) in [7, 11) is 2.12. The number of fused-ring (bicyclic) bond motifs is 1. The van der Waals surface area contributed by atoms with E-state index < -0.39 is 17.5 Å². The van der Waals surface area contributed by atoms with E-state index in [1.807, 2.05) is 6.07 Å². The smallest absolute Gasteiger partial charge is 0.251 e. The first-order chi connectivity index (χ1) is 12.9. The fourth-order valence-electron chi connectivity index (χ4n) is 3.78. The Morgan fingerprint density at radius 1 is 1.30 bits per heavy atom. The van der Waals surface area contributed by atoms with Crippen LogP contribution >= 0.6 is 0 Å². The van der Waals surface area contributed by atoms with Crippen molar-refractivity contribution in [2.24, 2.45) is 5.73 Å². The van der Waals surface area contributed by atoms with E-state index in [0.717, 1.165) is 37.6 Å². The zero-order valence-corrected chi connectivity index (χ0v) is 14.9. The van der Waals surface area contributed by atoms with E-state index in [1.165, 1.54) is 23.0 Å². The minimum Gasteiger partial charge on any atom is -0.366 e. The molecule has 1 saturated heterocycles. The van der Waals surface area contributed by atoms with E-state index in [-0.39, 0.29) is 22.1 Å². The number of benzene rings is 2. The lowest BCUT2D eigenvalue weighted by Crippen LogP contribution is -2.43. The molecule has 1 atom stereocenters. The molecule has 1 aliphatic heterocycles. The molecule has 1 fully saturated rings. The number of primary amides is 1. The topological polar surface area (TPSA) is 72.9 Å². The number of piperidine rings is 1. The van der Waals surface area contributed by atoms with Gasteiger partial charge in [-0.25, -0.2) is 13.5 Å². The fourth-order valence-corrected chi connectivity index (χ4v) is 3.78. The van der Waals surface area contributed by atoms with Crippen molar-refractivity contribution in [2.45, 2.75) is 18.2 Å². The van der Waals surface area contributed by atoms with Gasteiger partial charge in [-0.1, -0.05) is 6.07 Å². The Kier molecular flexibility index (Phi) is 4.22. The van der Waals surface area contributed by atoms with Gasteiger partial charge in [0.1, 0.15) is 30.7 Å². The average Bonchev–Trinajstić information content (AvgIpc) is 3.04. The summed E-state index contributed by atoms with van der Waals surface area (Å²) in [6.07, 6.45) is 3.53. The summed E-state index contributed by atoms with van der Waals surface area (Å²) in [6.45, 7) is 1.79. The highest BCUT2D eigenvalue weighted by Crippen LogP contribution is 2.30. The van der Waals surface area contributed by atoms with Crippen LogP contribution in [0.15, 0.2) is 36.5 Å². The van der Waals surface area contributed by atoms with Gasteiger partial charge in [0, 0.05) is 11.6 Å². The third-order valence-corrected chi connectivity index (χ3v) is 5.33. The van der Waals surface area contributed by atoms with Crippen LogP contribution in [0, 0.1) is 11.6 Å². The van der Waals surface area contributed by atoms with Crippen molar-refractivity contribution in [1.82, 2.24) is 15.1 Å². The van der Waals surface area contributed by atoms with Gasteiger partial charge in [0.05, 0.1) is 5.56 Å². The van der Waals surface area contributed by atoms with Crippen LogP contribution in [0.3, 0.4) is 0 Å². The molecule has 2 heterocycles. The van der Waals surface area contributed by atoms with Crippen molar-refractivity contribution < 1.29 is 13.6 Å². The Labute approximate surface area is 155 Å². The second-order valence-corrected chi connectivity index (χ2v) is 7.34. The predicted octanol–water partition coefficient (Wildman–Crippen LogP) is 1.61. The molecule has 3 aromatic rings. The van der Waals surface area contributed by atoms with Crippen LogP contribution in [-0.2, 0) is 5.31 Å². The molecule has 8 heteroatoms. The summed E-state index contributed by atoms with van der Waals surface area (Å²) in [5.74, 6) is -1.80. The molecule has 1 amide bonds. The van der Waals surface area contributed by atoms with Gasteiger partial charge >= 0.3 is 0 Å². The van der Waals surface area contributed by atoms with Crippen molar-refractivity contribution in [3.63, 3.8) is 0 Å². The Hall–Kier alpha value is -2.74. The molecular formula is C19H19BF2N4O. The third-order valence-electron chi connectivity index (χ3n) is 5.33. The number of carbonyl (C=O) groups excluding carboxylic acids is 1. The van der Waals surface area contributed by atoms with Crippen molar-refractivity contribution in [3.8, 4) is 5.69 Å². The molecule has 0 bridgehead atoms. The van der Waals surface area contributed by atoms with Gasteiger partial charge in [-0.05, 0) is 61.1 Å². The van der Waals surface area contributed by atoms with Gasteiger partial charge in [-0.15, -0.1) is 0 Å². The average molecular weight is 368 g/mol. The van der Waals surface area contributed by atoms with Gasteiger partial charge in [-0.2, -0.15) is 5.10 Å². The minimum absolute atomic E-state index is 0.0263. The molecule has 0 aliphatic carbocycles. The van der Waals surface area contributed by atoms with Crippen LogP contribution in [0.25, 0.3) is 16.6 Å². The molecule has 3 N–H and O–H groups in total. The van der Waals surface area contributed by atoms with Crippen molar-refractivity contribution in [1.29, 1.82) is 0 Å². The van der Waals surface area contributed by atoms with Gasteiger partial charge in [-0.3, -0.25) is 4.79 Å². The molecule has 0 saturated carbocycles. The molecule has 1 aromatic heterocycles. The zero-order valence-electron chi connectivity index (χ0n) is 14.9. The van der Waals surface area contributed by atoms with E-state index in [4.69, 9.17) is 5.73 Å². The van der Waals surface area contributed by atoms with Crippen LogP contribution < -0.4 is 11.1 Å². The van der Waals surface area contributed by atoms with Crippen molar-refractivity contribution in [2.75, 3.05) is 13.1 Å². The lowest BCUT2D eigenvalue weighted by molar-refractivity contribution is 0.100. The first-order valence-corrected chi connectivity index (χ1v) is 8.87. The highest BCUT2D eigenvalue weighted by atomic mass is 19.1. The fraction of sp³-hybridized carbons (Fsp3) is 0.263. The van der Waals surface area contributed by atoms with E-state index in [9.17, 15) is 13.6 Å². The highest BCUT2D eigenvalue weighted by Gasteiger charge is 2.29. The predicted molar refractivity (Wildman–Crippen MR) is 102 cm³/mol. The molecule has 0 unspecified atom stereocenters. The van der Waals surface area contributed by atoms with E-state index in [1.54, 1.807) is 6.07 Å². The molecule has 2 aromatic carbocycles. The second-order valence-electron chi connectivity index (χ2n) is 7.34. The molecule has 27 heavy (non-hydrogen) atoms. The summed E-state index contributed by atoms with van der Waals surface area (Å²) >= 11 is 0. The monoisotopic (exact) mass is 368 g/mol. The summed E-state index contributed by atoms with van der Waals surface area (Å²) in [6, 6.07) is 7.37. The van der Waals surface area contributed by atoms with E-state index in [2.05, 4.69) is 18.3 Å². The number of aromatic nitrogens is 2. The summed E-state index contributed by atoms with van der Waals surface area (Å²) in [5.41, 5.74) is 6.69. The van der Waals surface area contributed by atoms with Crippen molar-refractivity contribution in [3.05, 3.63) is 59.3 Å². The van der Waals surface area contributed by atoms with Gasteiger partial charge in [0.2, 0.25) is 0 Å². The number of nitrogens with zero attached hydrogens (tertiary/aromatic N) is 2. The maximum atomic E-state index is 14.9. The molecule has 1 aliphatic rings. The molecule has 0 radical (unpaired) electrons. The second kappa shape index (κ2) is 6.46. The highest BCUT2D eigenvalue weighted by molar-refractivity contribution is 6.16. The van der Waals surface area contributed by atoms with Crippen LogP contribution in [-0.4, -0.2) is 36.6 Å². The van der Waals surface area contributed by atoms with Crippen LogP contribution in [0.4, 0.5) is 8.78 Å². The normalized spacial score (nSPS) is 20.1. The number of nitrogens with one attached hydrogen (secondary N) is 1. The maximum Gasteiger partial charge on any atom is 0.251 e. The molecular weight excluding hydrogens is 349 g/mol. The molecule has 4 rings (SSSR count). The maximum absolute atomic E-state index is 14.9. The first kappa shape index (κ1) is 17.7. The minimum atomic E-state index is -0.779. The Morgan fingerprint density at radius 2 is 2.11 bits per heavy atom. The number of hydrogen-bond donors (Lipinski definition) is 2. The quantitative estimate of drug-likeness (QED) is 0.690. The van der Waals surface area contributed by atoms with E-state index >= 15 is 0 Å². The number of carbonyl (C=O) groups is 1. The number of nitrogens with two attached hydrogens (primary N) is 1. The SMILES string of the molecule is B[C@]1(c2ccc(-n3cc4cc(F)cc(C(N)=O)c4n3)c(F)c2)CCCNC1. The van der Waals surface area contributed by atoms with Crippen LogP contribution in [0.2, 0.25) is 0 Å². The third kappa shape index (κ3) is 3.10. The molecule has 138 valence electrons. The van der Waals surface area contributed by atoms with Crippen LogP contribution in [0.5, 0.6) is 0 Å². The molecule has 5 nitrogen and oxygen atoms in total. The number of hydrogen-bond acceptors (Lipinski definition) is 3. The zero-order chi connectivity index (χ0) is 19.2. The molecule has 0 spiro atoms. The number of halogens is 2. The standard InChI is InChI=1S/C19H19BF2N4O/c20-19(4-1-5-24-10-19)12-2-3-16(15(22)7-12)26-9-11-6-13(21)8-14(18(23)27)17(11)25-26/h2-3,6-9,24H,1,4-5,10,20H2,(H2,23,27)/t19-/m1/s1. The first-order valence-electron chi connectivity index (χ1n) is 8.87. The summed E-state index contributed by atoms with van der Waals surface area (Å²) in [5, 5.41) is 7.89. The van der Waals surface area contributed by atoms with E-state index in [0.29, 0.717) is 5.39 Å². The van der Waals surface area contributed by atoms with Gasteiger partial charge < -0.3 is 11.1 Å². The van der Waals surface area contributed by atoms with Gasteiger partial charge in [0.25, 0.3) is 5.91 Å². The Bertz CT molecular complexity index is 1040.